The highest BCUT2D eigenvalue weighted by Crippen LogP contribution is 2.58. The molecule has 0 radical (unpaired) electrons. The van der Waals surface area contributed by atoms with Crippen LogP contribution in [0.5, 0.6) is 0 Å². The molecule has 1 aromatic rings. The Morgan fingerprint density at radius 3 is 2.53 bits per heavy atom. The number of hydrogen-bond acceptors (Lipinski definition) is 4. The van der Waals surface area contributed by atoms with Gasteiger partial charge in [0.2, 0.25) is 5.69 Å². The summed E-state index contributed by atoms with van der Waals surface area (Å²) in [7, 11) is 0. The van der Waals surface area contributed by atoms with E-state index in [1.54, 1.807) is 31.2 Å². The van der Waals surface area contributed by atoms with Gasteiger partial charge in [0.25, 0.3) is 0 Å². The van der Waals surface area contributed by atoms with Crippen molar-refractivity contribution < 1.29 is 19.3 Å². The van der Waals surface area contributed by atoms with Gasteiger partial charge in [0.1, 0.15) is 5.25 Å². The molecule has 7 heteroatoms. The molecule has 0 fully saturated rings. The Morgan fingerprint density at radius 2 is 2.06 bits per heavy atom. The largest absolute Gasteiger partial charge is 0.465 e. The van der Waals surface area contributed by atoms with Crippen LogP contribution in [-0.2, 0) is 21.3 Å². The van der Waals surface area contributed by atoms with Gasteiger partial charge in [-0.05, 0) is 24.3 Å². The predicted molar refractivity (Wildman–Crippen MR) is 72.1 cm³/mol. The predicted octanol–water partition coefficient (Wildman–Crippen LogP) is 2.23. The van der Waals surface area contributed by atoms with Gasteiger partial charge >= 0.3 is 5.97 Å². The lowest BCUT2D eigenvalue weighted by atomic mass is 10.1. The van der Waals surface area contributed by atoms with Gasteiger partial charge in [0, 0.05) is 0 Å². The first-order valence-corrected chi connectivity index (χ1v) is 9.09. The summed E-state index contributed by atoms with van der Waals surface area (Å²) in [6.45, 7) is 1.93. The van der Waals surface area contributed by atoms with Gasteiger partial charge in [-0.15, -0.1) is 0 Å². The molecule has 1 rings (SSSR count). The Bertz CT molecular complexity index is 418. The average Bonchev–Trinajstić information content (AvgIpc) is 2.26. The lowest BCUT2D eigenvalue weighted by Gasteiger charge is -2.17. The number of ether oxygens (including phenoxy) is 1. The monoisotopic (exact) mass is 292 g/mol. The van der Waals surface area contributed by atoms with Crippen molar-refractivity contribution in [3.05, 3.63) is 35.9 Å². The van der Waals surface area contributed by atoms with Crippen molar-refractivity contribution in [3.8, 4) is 0 Å². The van der Waals surface area contributed by atoms with E-state index in [-0.39, 0.29) is 6.61 Å². The van der Waals surface area contributed by atoms with Crippen molar-refractivity contribution in [1.29, 1.82) is 0 Å². The Hall–Kier alpha value is -0.390. The van der Waals surface area contributed by atoms with Crippen LogP contribution in [0.2, 0.25) is 0 Å². The third kappa shape index (κ3) is 5.19. The Kier molecular flexibility index (Phi) is 5.62. The van der Waals surface area contributed by atoms with E-state index in [9.17, 15) is 14.6 Å². The summed E-state index contributed by atoms with van der Waals surface area (Å²) >= 11 is 5.21. The van der Waals surface area contributed by atoms with E-state index >= 15 is 0 Å². The Morgan fingerprint density at radius 1 is 1.47 bits per heavy atom. The van der Waals surface area contributed by atoms with Crippen molar-refractivity contribution in [2.45, 2.75) is 12.2 Å². The van der Waals surface area contributed by atoms with Gasteiger partial charge in [0.15, 0.2) is 0 Å². The van der Waals surface area contributed by atoms with Crippen molar-refractivity contribution in [2.75, 3.05) is 6.61 Å². The molecule has 0 heterocycles. The van der Waals surface area contributed by atoms with E-state index in [2.05, 4.69) is 11.8 Å². The maximum atomic E-state index is 11.7. The highest BCUT2D eigenvalue weighted by molar-refractivity contribution is 8.67. The van der Waals surface area contributed by atoms with Crippen LogP contribution in [0.4, 0.5) is 0 Å². The average molecular weight is 292 g/mol. The van der Waals surface area contributed by atoms with Crippen LogP contribution in [0.1, 0.15) is 17.7 Å². The number of rotatable bonds is 5. The first kappa shape index (κ1) is 14.7. The van der Waals surface area contributed by atoms with E-state index in [0.717, 1.165) is 0 Å². The number of esters is 1. The van der Waals surface area contributed by atoms with Crippen LogP contribution in [-0.4, -0.2) is 22.4 Å². The molecule has 0 saturated heterocycles. The maximum absolute atomic E-state index is 11.7. The minimum atomic E-state index is -3.52. The quantitative estimate of drug-likeness (QED) is 0.641. The number of hydrogen-bond donors (Lipinski definition) is 2. The summed E-state index contributed by atoms with van der Waals surface area (Å²) < 4.78 is 4.89. The minimum absolute atomic E-state index is 0.239. The standard InChI is InChI=1S/C10H13O4PS2/c1-2-14-10(11)9(17-15(12,13)16)8-6-4-3-5-7-8/h3-7,9H,2H2,1H3,(H2,12,13,16). The highest BCUT2D eigenvalue weighted by Gasteiger charge is 2.28. The van der Waals surface area contributed by atoms with E-state index < -0.39 is 16.9 Å². The van der Waals surface area contributed by atoms with Crippen molar-refractivity contribution in [3.63, 3.8) is 0 Å². The lowest BCUT2D eigenvalue weighted by Crippen LogP contribution is -2.13. The molecule has 0 saturated carbocycles. The zero-order chi connectivity index (χ0) is 12.9. The molecule has 4 nitrogen and oxygen atoms in total. The molecule has 1 atom stereocenters. The maximum Gasteiger partial charge on any atom is 0.324 e. The minimum Gasteiger partial charge on any atom is -0.465 e. The number of carbonyl (C=O) groups is 1. The molecule has 0 aliphatic rings. The van der Waals surface area contributed by atoms with Gasteiger partial charge in [-0.3, -0.25) is 4.79 Å². The van der Waals surface area contributed by atoms with Gasteiger partial charge < -0.3 is 14.5 Å². The van der Waals surface area contributed by atoms with Crippen LogP contribution in [0, 0.1) is 0 Å². The molecule has 0 aromatic heterocycles. The molecule has 0 aliphatic carbocycles. The Balaban J connectivity index is 2.95. The molecule has 0 bridgehead atoms. The molecule has 1 unspecified atom stereocenters. The van der Waals surface area contributed by atoms with Crippen LogP contribution < -0.4 is 0 Å². The topological polar surface area (TPSA) is 66.8 Å². The van der Waals surface area contributed by atoms with Gasteiger partial charge in [-0.1, -0.05) is 41.7 Å². The zero-order valence-electron chi connectivity index (χ0n) is 9.15. The van der Waals surface area contributed by atoms with Crippen LogP contribution in [0.15, 0.2) is 30.3 Å². The second kappa shape index (κ2) is 6.52. The van der Waals surface area contributed by atoms with Gasteiger partial charge in [0.05, 0.1) is 6.61 Å². The smallest absolute Gasteiger partial charge is 0.324 e. The van der Waals surface area contributed by atoms with Gasteiger partial charge in [-0.25, -0.2) is 0 Å². The summed E-state index contributed by atoms with van der Waals surface area (Å²) in [6.07, 6.45) is 0. The molecule has 17 heavy (non-hydrogen) atoms. The molecular formula is C10H13O4PS2. The normalized spacial score (nSPS) is 13.1. The number of carbonyl (C=O) groups excluding carboxylic acids is 1. The fourth-order valence-corrected chi connectivity index (χ4v) is 4.15. The zero-order valence-corrected chi connectivity index (χ0v) is 11.7. The molecule has 0 spiro atoms. The van der Waals surface area contributed by atoms with Crippen LogP contribution in [0.3, 0.4) is 0 Å². The summed E-state index contributed by atoms with van der Waals surface area (Å²) in [4.78, 5) is 30.3. The molecule has 2 N–H and O–H groups in total. The van der Waals surface area contributed by atoms with E-state index in [0.29, 0.717) is 16.9 Å². The second-order valence-electron chi connectivity index (χ2n) is 3.14. The molecular weight excluding hydrogens is 279 g/mol. The fraction of sp³-hybridized carbons (Fsp3) is 0.300. The van der Waals surface area contributed by atoms with Gasteiger partial charge in [-0.2, -0.15) is 0 Å². The van der Waals surface area contributed by atoms with Crippen LogP contribution >= 0.6 is 17.1 Å². The fourth-order valence-electron chi connectivity index (χ4n) is 1.22. The Labute approximate surface area is 109 Å². The molecule has 0 aliphatic heterocycles. The number of benzene rings is 1. The van der Waals surface area contributed by atoms with Crippen molar-refractivity contribution in [2.24, 2.45) is 0 Å². The lowest BCUT2D eigenvalue weighted by molar-refractivity contribution is -0.142. The second-order valence-corrected chi connectivity index (χ2v) is 9.18. The molecule has 94 valence electrons. The third-order valence-corrected chi connectivity index (χ3v) is 5.03. The first-order valence-electron chi connectivity index (χ1n) is 4.89. The molecule has 0 amide bonds. The van der Waals surface area contributed by atoms with Crippen molar-refractivity contribution in [1.82, 2.24) is 0 Å². The van der Waals surface area contributed by atoms with Crippen molar-refractivity contribution >= 4 is 34.9 Å². The third-order valence-electron chi connectivity index (χ3n) is 1.85. The van der Waals surface area contributed by atoms with E-state index in [4.69, 9.17) is 4.74 Å². The van der Waals surface area contributed by atoms with E-state index in [1.807, 2.05) is 6.07 Å². The summed E-state index contributed by atoms with van der Waals surface area (Å²) in [5.41, 5.74) is -2.87. The van der Waals surface area contributed by atoms with E-state index in [1.165, 1.54) is 0 Å². The SMILES string of the molecule is CCOC(=O)C(SP(O)(O)=S)c1ccccc1. The summed E-state index contributed by atoms with van der Waals surface area (Å²) in [5.74, 6) is -0.513. The highest BCUT2D eigenvalue weighted by atomic mass is 32.9. The summed E-state index contributed by atoms with van der Waals surface area (Å²) in [6, 6.07) is 8.78. The summed E-state index contributed by atoms with van der Waals surface area (Å²) in [5, 5.41) is -0.794. The molecule has 1 aromatic carbocycles. The van der Waals surface area contributed by atoms with Crippen LogP contribution in [0.25, 0.3) is 0 Å². The first-order chi connectivity index (χ1) is 7.94.